The number of amides is 1. The number of rotatable bonds is 5. The molecule has 0 fully saturated rings. The smallest absolute Gasteiger partial charge is 0.274 e. The molecule has 0 bridgehead atoms. The van der Waals surface area contributed by atoms with Crippen LogP contribution in [0.5, 0.6) is 0 Å². The summed E-state index contributed by atoms with van der Waals surface area (Å²) < 4.78 is 33.4. The van der Waals surface area contributed by atoms with Gasteiger partial charge in [0.25, 0.3) is 5.89 Å². The van der Waals surface area contributed by atoms with Crippen molar-refractivity contribution in [3.63, 3.8) is 0 Å². The Balaban J connectivity index is 1.51. The molecule has 8 heteroatoms. The lowest BCUT2D eigenvalue weighted by atomic mass is 10.2. The van der Waals surface area contributed by atoms with E-state index >= 15 is 0 Å². The first-order chi connectivity index (χ1) is 13.6. The van der Waals surface area contributed by atoms with Crippen LogP contribution in [0.1, 0.15) is 0 Å². The van der Waals surface area contributed by atoms with Crippen molar-refractivity contribution in [2.75, 3.05) is 5.32 Å². The van der Waals surface area contributed by atoms with Crippen LogP contribution < -0.4 is 5.32 Å². The molecule has 2 aromatic carbocycles. The number of carbonyl (C=O) groups excluding carboxylic acids is 1. The van der Waals surface area contributed by atoms with Gasteiger partial charge in [0, 0.05) is 23.5 Å². The Labute approximate surface area is 158 Å². The van der Waals surface area contributed by atoms with Gasteiger partial charge in [-0.25, -0.2) is 8.78 Å². The molecule has 2 heterocycles. The van der Waals surface area contributed by atoms with E-state index in [9.17, 15) is 13.6 Å². The molecule has 28 heavy (non-hydrogen) atoms. The molecular formula is C20H14F2N4O2. The summed E-state index contributed by atoms with van der Waals surface area (Å²) in [5, 5.41) is 6.43. The third-order valence-corrected chi connectivity index (χ3v) is 3.97. The molecular weight excluding hydrogens is 366 g/mol. The summed E-state index contributed by atoms with van der Waals surface area (Å²) in [6, 6.07) is 15.6. The van der Waals surface area contributed by atoms with E-state index in [2.05, 4.69) is 15.5 Å². The van der Waals surface area contributed by atoms with E-state index in [0.29, 0.717) is 11.5 Å². The molecule has 0 saturated heterocycles. The van der Waals surface area contributed by atoms with Gasteiger partial charge in [0.1, 0.15) is 23.9 Å². The van der Waals surface area contributed by atoms with Gasteiger partial charge in [0.2, 0.25) is 11.7 Å². The van der Waals surface area contributed by atoms with Crippen molar-refractivity contribution in [3.8, 4) is 23.0 Å². The topological polar surface area (TPSA) is 73.0 Å². The lowest BCUT2D eigenvalue weighted by Crippen LogP contribution is -2.19. The van der Waals surface area contributed by atoms with Crippen molar-refractivity contribution in [1.82, 2.24) is 14.7 Å². The highest BCUT2D eigenvalue weighted by molar-refractivity contribution is 5.90. The molecule has 0 spiro atoms. The third-order valence-electron chi connectivity index (χ3n) is 3.97. The molecule has 140 valence electrons. The second kappa shape index (κ2) is 7.43. The number of benzene rings is 2. The van der Waals surface area contributed by atoms with E-state index in [4.69, 9.17) is 4.52 Å². The highest BCUT2D eigenvalue weighted by atomic mass is 19.1. The number of nitrogens with zero attached hydrogens (tertiary/aromatic N) is 3. The maximum atomic E-state index is 13.3. The molecule has 4 aromatic rings. The summed E-state index contributed by atoms with van der Waals surface area (Å²) in [5.74, 6) is -1.30. The van der Waals surface area contributed by atoms with E-state index in [0.717, 1.165) is 23.8 Å². The van der Waals surface area contributed by atoms with E-state index < -0.39 is 17.5 Å². The zero-order valence-corrected chi connectivity index (χ0v) is 14.5. The van der Waals surface area contributed by atoms with Crippen molar-refractivity contribution in [2.45, 2.75) is 6.54 Å². The predicted molar refractivity (Wildman–Crippen MR) is 98.1 cm³/mol. The van der Waals surface area contributed by atoms with Gasteiger partial charge >= 0.3 is 0 Å². The zero-order valence-electron chi connectivity index (χ0n) is 14.5. The van der Waals surface area contributed by atoms with Gasteiger partial charge in [-0.15, -0.1) is 0 Å². The van der Waals surface area contributed by atoms with Gasteiger partial charge in [-0.3, -0.25) is 4.79 Å². The molecule has 4 rings (SSSR count). The Morgan fingerprint density at radius 3 is 2.54 bits per heavy atom. The number of carbonyl (C=O) groups is 1. The van der Waals surface area contributed by atoms with Crippen LogP contribution in [0.25, 0.3) is 23.0 Å². The SMILES string of the molecule is O=C(Cn1cccc1-c1nc(-c2ccccc2)no1)Nc1cc(F)cc(F)c1. The van der Waals surface area contributed by atoms with E-state index in [1.807, 2.05) is 30.3 Å². The molecule has 0 aliphatic heterocycles. The normalized spacial score (nSPS) is 10.8. The van der Waals surface area contributed by atoms with Crippen LogP contribution in [0.2, 0.25) is 0 Å². The first-order valence-corrected chi connectivity index (χ1v) is 8.39. The van der Waals surface area contributed by atoms with Crippen LogP contribution in [-0.4, -0.2) is 20.6 Å². The number of halogens is 2. The van der Waals surface area contributed by atoms with Crippen molar-refractivity contribution in [2.24, 2.45) is 0 Å². The molecule has 1 amide bonds. The number of nitrogens with one attached hydrogen (secondary N) is 1. The number of anilines is 1. The molecule has 0 atom stereocenters. The van der Waals surface area contributed by atoms with Crippen molar-refractivity contribution in [1.29, 1.82) is 0 Å². The van der Waals surface area contributed by atoms with Crippen LogP contribution in [-0.2, 0) is 11.3 Å². The van der Waals surface area contributed by atoms with Gasteiger partial charge < -0.3 is 14.4 Å². The fraction of sp³-hybridized carbons (Fsp3) is 0.0500. The number of hydrogen-bond donors (Lipinski definition) is 1. The van der Waals surface area contributed by atoms with E-state index in [1.165, 1.54) is 0 Å². The fourth-order valence-corrected chi connectivity index (χ4v) is 2.76. The van der Waals surface area contributed by atoms with Gasteiger partial charge in [-0.2, -0.15) is 4.98 Å². The molecule has 0 unspecified atom stereocenters. The molecule has 6 nitrogen and oxygen atoms in total. The minimum Gasteiger partial charge on any atom is -0.334 e. The highest BCUT2D eigenvalue weighted by Gasteiger charge is 2.15. The average molecular weight is 380 g/mol. The van der Waals surface area contributed by atoms with Crippen LogP contribution in [0.3, 0.4) is 0 Å². The Kier molecular flexibility index (Phi) is 4.67. The largest absolute Gasteiger partial charge is 0.334 e. The fourth-order valence-electron chi connectivity index (χ4n) is 2.76. The number of aromatic nitrogens is 3. The maximum Gasteiger partial charge on any atom is 0.274 e. The number of hydrogen-bond acceptors (Lipinski definition) is 4. The highest BCUT2D eigenvalue weighted by Crippen LogP contribution is 2.23. The van der Waals surface area contributed by atoms with Gasteiger partial charge in [-0.05, 0) is 24.3 Å². The molecule has 0 radical (unpaired) electrons. The Bertz CT molecular complexity index is 1100. The van der Waals surface area contributed by atoms with Crippen molar-refractivity contribution < 1.29 is 18.1 Å². The van der Waals surface area contributed by atoms with Gasteiger partial charge in [0.15, 0.2) is 0 Å². The first-order valence-electron chi connectivity index (χ1n) is 8.39. The lowest BCUT2D eigenvalue weighted by Gasteiger charge is -2.08. The molecule has 0 aliphatic carbocycles. The summed E-state index contributed by atoms with van der Waals surface area (Å²) in [7, 11) is 0. The van der Waals surface area contributed by atoms with E-state index in [-0.39, 0.29) is 18.1 Å². The average Bonchev–Trinajstić information content (AvgIpc) is 3.30. The Hall–Kier alpha value is -3.81. The summed E-state index contributed by atoms with van der Waals surface area (Å²) in [5.41, 5.74) is 1.40. The van der Waals surface area contributed by atoms with Crippen LogP contribution >= 0.6 is 0 Å². The second-order valence-corrected chi connectivity index (χ2v) is 6.02. The van der Waals surface area contributed by atoms with Crippen LogP contribution in [0, 0.1) is 11.6 Å². The van der Waals surface area contributed by atoms with Crippen molar-refractivity contribution in [3.05, 3.63) is 78.5 Å². The molecule has 0 saturated carbocycles. The standard InChI is InChI=1S/C20H14F2N4O2/c21-14-9-15(22)11-16(10-14)23-18(27)12-26-8-4-7-17(26)20-24-19(25-28-20)13-5-2-1-3-6-13/h1-11H,12H2,(H,23,27). The summed E-state index contributed by atoms with van der Waals surface area (Å²) in [6.45, 7) is -0.0937. The minimum absolute atomic E-state index is 0.0420. The third kappa shape index (κ3) is 3.80. The summed E-state index contributed by atoms with van der Waals surface area (Å²) in [6.07, 6.45) is 1.67. The van der Waals surface area contributed by atoms with Crippen molar-refractivity contribution >= 4 is 11.6 Å². The minimum atomic E-state index is -0.767. The predicted octanol–water partition coefficient (Wildman–Crippen LogP) is 4.12. The monoisotopic (exact) mass is 380 g/mol. The molecule has 2 aromatic heterocycles. The molecule has 0 aliphatic rings. The Morgan fingerprint density at radius 2 is 1.79 bits per heavy atom. The second-order valence-electron chi connectivity index (χ2n) is 6.02. The first kappa shape index (κ1) is 17.6. The van der Waals surface area contributed by atoms with E-state index in [1.54, 1.807) is 22.9 Å². The van der Waals surface area contributed by atoms with Gasteiger partial charge in [-0.1, -0.05) is 35.5 Å². The lowest BCUT2D eigenvalue weighted by molar-refractivity contribution is -0.116. The zero-order chi connectivity index (χ0) is 19.5. The quantitative estimate of drug-likeness (QED) is 0.565. The summed E-state index contributed by atoms with van der Waals surface area (Å²) >= 11 is 0. The van der Waals surface area contributed by atoms with Gasteiger partial charge in [0.05, 0.1) is 0 Å². The van der Waals surface area contributed by atoms with Crippen LogP contribution in [0.15, 0.2) is 71.4 Å². The Morgan fingerprint density at radius 1 is 1.04 bits per heavy atom. The summed E-state index contributed by atoms with van der Waals surface area (Å²) in [4.78, 5) is 16.6. The van der Waals surface area contributed by atoms with Crippen LogP contribution in [0.4, 0.5) is 14.5 Å². The molecule has 1 N–H and O–H groups in total. The maximum absolute atomic E-state index is 13.3.